The SMILES string of the molecule is COC1CCC(C)(C(O)CC2c3ccccc3-c3cncn32)CC1. The van der Waals surface area contributed by atoms with Gasteiger partial charge in [-0.3, -0.25) is 0 Å². The third-order valence-electron chi connectivity index (χ3n) is 6.26. The summed E-state index contributed by atoms with van der Waals surface area (Å²) in [5, 5.41) is 11.1. The van der Waals surface area contributed by atoms with Crippen molar-refractivity contribution in [3.8, 4) is 11.3 Å². The normalized spacial score (nSPS) is 30.0. The van der Waals surface area contributed by atoms with E-state index >= 15 is 0 Å². The Kier molecular flexibility index (Phi) is 3.97. The van der Waals surface area contributed by atoms with Gasteiger partial charge in [0, 0.05) is 12.7 Å². The van der Waals surface area contributed by atoms with Gasteiger partial charge in [0.25, 0.3) is 0 Å². The summed E-state index contributed by atoms with van der Waals surface area (Å²) >= 11 is 0. The number of hydrogen-bond acceptors (Lipinski definition) is 3. The number of ether oxygens (including phenoxy) is 1. The summed E-state index contributed by atoms with van der Waals surface area (Å²) < 4.78 is 7.71. The molecule has 0 bridgehead atoms. The fraction of sp³-hybridized carbons (Fsp3) is 0.550. The van der Waals surface area contributed by atoms with Crippen molar-refractivity contribution in [2.24, 2.45) is 5.41 Å². The molecule has 128 valence electrons. The predicted octanol–water partition coefficient (Wildman–Crippen LogP) is 3.80. The summed E-state index contributed by atoms with van der Waals surface area (Å²) in [5.74, 6) is 0. The molecule has 4 heteroatoms. The molecule has 2 heterocycles. The molecule has 24 heavy (non-hydrogen) atoms. The average Bonchev–Trinajstić information content (AvgIpc) is 3.18. The van der Waals surface area contributed by atoms with Crippen molar-refractivity contribution in [2.45, 2.75) is 57.3 Å². The van der Waals surface area contributed by atoms with Gasteiger partial charge in [-0.2, -0.15) is 0 Å². The molecule has 2 atom stereocenters. The zero-order chi connectivity index (χ0) is 16.7. The van der Waals surface area contributed by atoms with Gasteiger partial charge < -0.3 is 14.4 Å². The summed E-state index contributed by atoms with van der Waals surface area (Å²) in [6.45, 7) is 2.24. The Labute approximate surface area is 143 Å². The van der Waals surface area contributed by atoms with Crippen LogP contribution in [0.4, 0.5) is 0 Å². The Bertz CT molecular complexity index is 716. The Morgan fingerprint density at radius 1 is 1.33 bits per heavy atom. The van der Waals surface area contributed by atoms with Gasteiger partial charge in [-0.15, -0.1) is 0 Å². The molecule has 0 radical (unpaired) electrons. The first-order valence-electron chi connectivity index (χ1n) is 8.94. The van der Waals surface area contributed by atoms with Crippen molar-refractivity contribution in [1.29, 1.82) is 0 Å². The molecule has 0 spiro atoms. The average molecular weight is 326 g/mol. The molecule has 1 aliphatic heterocycles. The first kappa shape index (κ1) is 15.9. The first-order chi connectivity index (χ1) is 11.6. The van der Waals surface area contributed by atoms with E-state index in [9.17, 15) is 5.11 Å². The van der Waals surface area contributed by atoms with E-state index in [1.165, 1.54) is 11.1 Å². The molecule has 1 aromatic carbocycles. The molecule has 2 aliphatic rings. The highest BCUT2D eigenvalue weighted by Gasteiger charge is 2.40. The van der Waals surface area contributed by atoms with Crippen molar-refractivity contribution >= 4 is 0 Å². The highest BCUT2D eigenvalue weighted by Crippen LogP contribution is 2.46. The van der Waals surface area contributed by atoms with Gasteiger partial charge in [0.05, 0.1) is 36.5 Å². The van der Waals surface area contributed by atoms with Gasteiger partial charge in [0.1, 0.15) is 0 Å². The molecule has 1 saturated carbocycles. The lowest BCUT2D eigenvalue weighted by Gasteiger charge is -2.41. The van der Waals surface area contributed by atoms with E-state index in [1.807, 2.05) is 12.5 Å². The van der Waals surface area contributed by atoms with Gasteiger partial charge in [-0.25, -0.2) is 4.98 Å². The third-order valence-corrected chi connectivity index (χ3v) is 6.26. The monoisotopic (exact) mass is 326 g/mol. The molecule has 0 saturated heterocycles. The number of nitrogens with zero attached hydrogens (tertiary/aromatic N) is 2. The van der Waals surface area contributed by atoms with Crippen molar-refractivity contribution in [1.82, 2.24) is 9.55 Å². The number of benzene rings is 1. The van der Waals surface area contributed by atoms with Crippen LogP contribution >= 0.6 is 0 Å². The van der Waals surface area contributed by atoms with E-state index in [1.54, 1.807) is 7.11 Å². The second-order valence-corrected chi connectivity index (χ2v) is 7.63. The lowest BCUT2D eigenvalue weighted by molar-refractivity contribution is -0.0392. The molecule has 4 rings (SSSR count). The standard InChI is InChI=1S/C20H26N2O2/c1-20(9-7-14(24-2)8-10-20)19(23)11-17-15-5-3-4-6-16(15)18-12-21-13-22(17)18/h3-6,12-14,17,19,23H,7-11H2,1-2H3. The topological polar surface area (TPSA) is 47.3 Å². The number of imidazole rings is 1. The summed E-state index contributed by atoms with van der Waals surface area (Å²) in [4.78, 5) is 4.32. The van der Waals surface area contributed by atoms with Crippen molar-refractivity contribution in [2.75, 3.05) is 7.11 Å². The first-order valence-corrected chi connectivity index (χ1v) is 8.94. The van der Waals surface area contributed by atoms with Gasteiger partial charge in [0.2, 0.25) is 0 Å². The largest absolute Gasteiger partial charge is 0.392 e. The number of aliphatic hydroxyl groups is 1. The van der Waals surface area contributed by atoms with Crippen LogP contribution in [-0.4, -0.2) is 34.0 Å². The molecule has 1 aromatic heterocycles. The zero-order valence-electron chi connectivity index (χ0n) is 14.5. The lowest BCUT2D eigenvalue weighted by atomic mass is 9.69. The highest BCUT2D eigenvalue weighted by atomic mass is 16.5. The van der Waals surface area contributed by atoms with E-state index in [0.29, 0.717) is 6.10 Å². The second kappa shape index (κ2) is 6.01. The molecule has 1 fully saturated rings. The maximum Gasteiger partial charge on any atom is 0.0956 e. The van der Waals surface area contributed by atoms with Gasteiger partial charge in [-0.1, -0.05) is 31.2 Å². The van der Waals surface area contributed by atoms with Gasteiger partial charge >= 0.3 is 0 Å². The maximum absolute atomic E-state index is 11.1. The van der Waals surface area contributed by atoms with Crippen LogP contribution in [0.15, 0.2) is 36.8 Å². The number of hydrogen-bond donors (Lipinski definition) is 1. The molecule has 0 amide bonds. The second-order valence-electron chi connectivity index (χ2n) is 7.63. The Balaban J connectivity index is 1.55. The lowest BCUT2D eigenvalue weighted by Crippen LogP contribution is -2.39. The molecule has 1 N–H and O–H groups in total. The minimum Gasteiger partial charge on any atom is -0.392 e. The predicted molar refractivity (Wildman–Crippen MR) is 93.8 cm³/mol. The van der Waals surface area contributed by atoms with Crippen LogP contribution in [0, 0.1) is 5.41 Å². The quantitative estimate of drug-likeness (QED) is 0.929. The Hall–Kier alpha value is -1.65. The van der Waals surface area contributed by atoms with Crippen molar-refractivity contribution < 1.29 is 9.84 Å². The van der Waals surface area contributed by atoms with Crippen molar-refractivity contribution in [3.05, 3.63) is 42.4 Å². The van der Waals surface area contributed by atoms with Crippen LogP contribution in [0.25, 0.3) is 11.3 Å². The van der Waals surface area contributed by atoms with Crippen molar-refractivity contribution in [3.63, 3.8) is 0 Å². The van der Waals surface area contributed by atoms with E-state index in [2.05, 4.69) is 40.7 Å². The fourth-order valence-corrected chi connectivity index (χ4v) is 4.49. The van der Waals surface area contributed by atoms with E-state index in [4.69, 9.17) is 4.74 Å². The number of rotatable bonds is 4. The number of methoxy groups -OCH3 is 1. The van der Waals surface area contributed by atoms with E-state index < -0.39 is 0 Å². The number of aliphatic hydroxyl groups excluding tert-OH is 1. The molecule has 1 aliphatic carbocycles. The Morgan fingerprint density at radius 3 is 2.83 bits per heavy atom. The van der Waals surface area contributed by atoms with Gasteiger partial charge in [-0.05, 0) is 43.1 Å². The Morgan fingerprint density at radius 2 is 2.08 bits per heavy atom. The number of aromatic nitrogens is 2. The maximum atomic E-state index is 11.1. The minimum atomic E-state index is -0.318. The van der Waals surface area contributed by atoms with Gasteiger partial charge in [0.15, 0.2) is 0 Å². The summed E-state index contributed by atoms with van der Waals surface area (Å²) in [6, 6.07) is 8.68. The fourth-order valence-electron chi connectivity index (χ4n) is 4.49. The van der Waals surface area contributed by atoms with Crippen LogP contribution in [0.3, 0.4) is 0 Å². The summed E-state index contributed by atoms with van der Waals surface area (Å²) in [5.41, 5.74) is 3.70. The van der Waals surface area contributed by atoms with Crippen LogP contribution in [0.5, 0.6) is 0 Å². The summed E-state index contributed by atoms with van der Waals surface area (Å²) in [6.07, 6.45) is 8.75. The molecule has 4 nitrogen and oxygen atoms in total. The van der Waals surface area contributed by atoms with Crippen LogP contribution in [-0.2, 0) is 4.74 Å². The third kappa shape index (κ3) is 2.49. The zero-order valence-corrected chi connectivity index (χ0v) is 14.5. The highest BCUT2D eigenvalue weighted by molar-refractivity contribution is 5.68. The van der Waals surface area contributed by atoms with Crippen LogP contribution < -0.4 is 0 Å². The molecule has 2 unspecified atom stereocenters. The minimum absolute atomic E-state index is 0.0205. The molecule has 2 aromatic rings. The van der Waals surface area contributed by atoms with Crippen LogP contribution in [0.2, 0.25) is 0 Å². The molecular weight excluding hydrogens is 300 g/mol. The number of fused-ring (bicyclic) bond motifs is 3. The molecular formula is C20H26N2O2. The van der Waals surface area contributed by atoms with E-state index in [-0.39, 0.29) is 17.6 Å². The summed E-state index contributed by atoms with van der Waals surface area (Å²) in [7, 11) is 1.79. The van der Waals surface area contributed by atoms with Crippen LogP contribution in [0.1, 0.15) is 50.6 Å². The smallest absolute Gasteiger partial charge is 0.0956 e. The van der Waals surface area contributed by atoms with E-state index in [0.717, 1.165) is 37.8 Å².